The van der Waals surface area contributed by atoms with E-state index < -0.39 is 0 Å². The van der Waals surface area contributed by atoms with Crippen LogP contribution in [-0.2, 0) is 0 Å². The van der Waals surface area contributed by atoms with Gasteiger partial charge in [-0.25, -0.2) is 0 Å². The van der Waals surface area contributed by atoms with Gasteiger partial charge < -0.3 is 0 Å². The zero-order chi connectivity index (χ0) is 34.8. The molecule has 3 heterocycles. The second-order valence-electron chi connectivity index (χ2n) is 13.2. The highest BCUT2D eigenvalue weighted by molar-refractivity contribution is 7.26. The van der Waals surface area contributed by atoms with E-state index in [0.717, 1.165) is 0 Å². The first-order chi connectivity index (χ1) is 25.7. The molecule has 0 bridgehead atoms. The molecule has 0 fully saturated rings. The van der Waals surface area contributed by atoms with Crippen LogP contribution < -0.4 is 0 Å². The molecule has 3 heteroatoms. The lowest BCUT2D eigenvalue weighted by molar-refractivity contribution is 1.47. The van der Waals surface area contributed by atoms with Crippen LogP contribution in [0, 0.1) is 6.92 Å². The zero-order valence-corrected chi connectivity index (χ0v) is 31.0. The molecular formula is C49H32S3. The SMILES string of the molecule is C=C/C=C\c1c(C)c(-c2cccs2)c2ccccc2c1-c1cccc2sc3ccc(-c4c5ccccc5c(-c5cccs5)c5ccccc45)cc3c12. The van der Waals surface area contributed by atoms with Crippen molar-refractivity contribution >= 4 is 92.6 Å². The van der Waals surface area contributed by atoms with E-state index in [4.69, 9.17) is 0 Å². The van der Waals surface area contributed by atoms with Crippen LogP contribution in [0.4, 0.5) is 0 Å². The van der Waals surface area contributed by atoms with Crippen LogP contribution >= 0.6 is 34.0 Å². The highest BCUT2D eigenvalue weighted by Crippen LogP contribution is 2.50. The molecule has 0 nitrogen and oxygen atoms in total. The van der Waals surface area contributed by atoms with Crippen LogP contribution in [0.2, 0.25) is 0 Å². The monoisotopic (exact) mass is 716 g/mol. The summed E-state index contributed by atoms with van der Waals surface area (Å²) in [6.45, 7) is 6.33. The maximum Gasteiger partial charge on any atom is 0.0361 e. The van der Waals surface area contributed by atoms with Crippen molar-refractivity contribution < 1.29 is 0 Å². The van der Waals surface area contributed by atoms with Crippen LogP contribution in [0.5, 0.6) is 0 Å². The van der Waals surface area contributed by atoms with Gasteiger partial charge in [-0.1, -0.05) is 128 Å². The Kier molecular flexibility index (Phi) is 7.54. The lowest BCUT2D eigenvalue weighted by atomic mass is 9.84. The van der Waals surface area contributed by atoms with Gasteiger partial charge >= 0.3 is 0 Å². The highest BCUT2D eigenvalue weighted by atomic mass is 32.1. The summed E-state index contributed by atoms with van der Waals surface area (Å²) in [6, 6.07) is 49.7. The summed E-state index contributed by atoms with van der Waals surface area (Å²) >= 11 is 5.50. The molecule has 0 radical (unpaired) electrons. The molecule has 0 saturated heterocycles. The van der Waals surface area contributed by atoms with Crippen LogP contribution in [0.1, 0.15) is 11.1 Å². The van der Waals surface area contributed by atoms with Crippen molar-refractivity contribution in [3.05, 3.63) is 174 Å². The second-order valence-corrected chi connectivity index (χ2v) is 16.2. The number of hydrogen-bond donors (Lipinski definition) is 0. The molecule has 0 atom stereocenters. The number of hydrogen-bond acceptors (Lipinski definition) is 3. The maximum absolute atomic E-state index is 4.04. The van der Waals surface area contributed by atoms with Gasteiger partial charge in [-0.15, -0.1) is 34.0 Å². The van der Waals surface area contributed by atoms with Gasteiger partial charge in [0.15, 0.2) is 0 Å². The smallest absolute Gasteiger partial charge is 0.0361 e. The fraction of sp³-hybridized carbons (Fsp3) is 0.0204. The number of fused-ring (bicyclic) bond motifs is 6. The minimum absolute atomic E-state index is 1.24. The summed E-state index contributed by atoms with van der Waals surface area (Å²) in [4.78, 5) is 2.60. The second kappa shape index (κ2) is 12.6. The molecule has 0 aliphatic rings. The number of thiophene rings is 3. The van der Waals surface area contributed by atoms with Crippen molar-refractivity contribution in [1.29, 1.82) is 0 Å². The van der Waals surface area contributed by atoms with Crippen LogP contribution in [0.3, 0.4) is 0 Å². The largest absolute Gasteiger partial charge is 0.144 e. The molecule has 0 spiro atoms. The fourth-order valence-corrected chi connectivity index (χ4v) is 11.1. The minimum Gasteiger partial charge on any atom is -0.144 e. The van der Waals surface area contributed by atoms with Crippen LogP contribution in [-0.4, -0.2) is 0 Å². The van der Waals surface area contributed by atoms with E-state index in [-0.39, 0.29) is 0 Å². The first kappa shape index (κ1) is 31.2. The van der Waals surface area contributed by atoms with Gasteiger partial charge in [0.05, 0.1) is 0 Å². The van der Waals surface area contributed by atoms with Gasteiger partial charge in [0, 0.05) is 41.1 Å². The Hall–Kier alpha value is -5.58. The molecule has 7 aromatic carbocycles. The molecule has 0 N–H and O–H groups in total. The van der Waals surface area contributed by atoms with Crippen LogP contribution in [0.25, 0.3) is 102 Å². The zero-order valence-electron chi connectivity index (χ0n) is 28.5. The molecule has 0 saturated carbocycles. The molecule has 10 rings (SSSR count). The first-order valence-electron chi connectivity index (χ1n) is 17.5. The van der Waals surface area contributed by atoms with Gasteiger partial charge in [0.1, 0.15) is 0 Å². The van der Waals surface area contributed by atoms with Gasteiger partial charge in [-0.2, -0.15) is 0 Å². The van der Waals surface area contributed by atoms with Crippen molar-refractivity contribution in [2.24, 2.45) is 0 Å². The third kappa shape index (κ3) is 4.78. The fourth-order valence-electron chi connectivity index (χ4n) is 8.31. The van der Waals surface area contributed by atoms with Gasteiger partial charge in [-0.3, -0.25) is 0 Å². The third-order valence-corrected chi connectivity index (χ3v) is 13.3. The summed E-state index contributed by atoms with van der Waals surface area (Å²) in [5.41, 5.74) is 10.2. The van der Waals surface area contributed by atoms with E-state index in [1.165, 1.54) is 107 Å². The number of benzene rings is 7. The van der Waals surface area contributed by atoms with E-state index in [9.17, 15) is 0 Å². The summed E-state index contributed by atoms with van der Waals surface area (Å²) in [7, 11) is 0. The van der Waals surface area contributed by atoms with E-state index in [1.54, 1.807) is 11.3 Å². The lowest BCUT2D eigenvalue weighted by Crippen LogP contribution is -1.95. The maximum atomic E-state index is 4.04. The van der Waals surface area contributed by atoms with Crippen molar-refractivity contribution in [3.63, 3.8) is 0 Å². The highest BCUT2D eigenvalue weighted by Gasteiger charge is 2.22. The Labute approximate surface area is 314 Å². The molecule has 0 amide bonds. The van der Waals surface area contributed by atoms with Gasteiger partial charge in [-0.05, 0) is 114 Å². The topological polar surface area (TPSA) is 0 Å². The van der Waals surface area contributed by atoms with E-state index in [0.29, 0.717) is 0 Å². The number of allylic oxidation sites excluding steroid dienone is 2. The predicted octanol–water partition coefficient (Wildman–Crippen LogP) is 15.8. The van der Waals surface area contributed by atoms with Crippen molar-refractivity contribution in [1.82, 2.24) is 0 Å². The molecule has 3 aromatic heterocycles. The van der Waals surface area contributed by atoms with Crippen LogP contribution in [0.15, 0.2) is 163 Å². The molecule has 0 unspecified atom stereocenters. The summed E-state index contributed by atoms with van der Waals surface area (Å²) in [5, 5.41) is 14.7. The Bertz CT molecular complexity index is 2970. The third-order valence-electron chi connectivity index (χ3n) is 10.4. The molecule has 246 valence electrons. The Morgan fingerprint density at radius 3 is 1.67 bits per heavy atom. The standard InChI is InChI=1S/C49H32S3/c1-3-4-14-32-30(2)45(42-23-12-27-50-42)33-15-5-8-18-36(33)47(32)39-21-11-22-44-49(39)40-29-31(25-26-41(40)52-44)46-34-16-6-9-19-37(34)48(43-24-13-28-51-43)38-20-10-7-17-35(38)46/h3-29H,1H2,2H3/b14-4-. The molecule has 0 aliphatic carbocycles. The summed E-state index contributed by atoms with van der Waals surface area (Å²) in [5.74, 6) is 0. The Balaban J connectivity index is 1.30. The van der Waals surface area contributed by atoms with E-state index in [1.807, 2.05) is 28.7 Å². The quantitative estimate of drug-likeness (QED) is 0.119. The van der Waals surface area contributed by atoms with Crippen molar-refractivity contribution in [2.45, 2.75) is 6.92 Å². The van der Waals surface area contributed by atoms with Gasteiger partial charge in [0.25, 0.3) is 0 Å². The molecule has 10 aromatic rings. The first-order valence-corrected chi connectivity index (χ1v) is 20.1. The van der Waals surface area contributed by atoms with E-state index in [2.05, 4.69) is 170 Å². The Morgan fingerprint density at radius 2 is 1.08 bits per heavy atom. The molecule has 0 aliphatic heterocycles. The lowest BCUT2D eigenvalue weighted by Gasteiger charge is -2.20. The van der Waals surface area contributed by atoms with Crippen molar-refractivity contribution in [3.8, 4) is 43.1 Å². The predicted molar refractivity (Wildman–Crippen MR) is 233 cm³/mol. The summed E-state index contributed by atoms with van der Waals surface area (Å²) in [6.07, 6.45) is 6.22. The Morgan fingerprint density at radius 1 is 0.500 bits per heavy atom. The normalized spacial score (nSPS) is 11.9. The minimum atomic E-state index is 1.24. The molecule has 52 heavy (non-hydrogen) atoms. The summed E-state index contributed by atoms with van der Waals surface area (Å²) < 4.78 is 2.60. The number of rotatable bonds is 6. The average Bonchev–Trinajstić information content (AvgIpc) is 3.98. The average molecular weight is 717 g/mol. The molecular weight excluding hydrogens is 685 g/mol. The van der Waals surface area contributed by atoms with E-state index >= 15 is 0 Å². The van der Waals surface area contributed by atoms with Crippen molar-refractivity contribution in [2.75, 3.05) is 0 Å². The van der Waals surface area contributed by atoms with Gasteiger partial charge in [0.2, 0.25) is 0 Å².